The van der Waals surface area contributed by atoms with Crippen LogP contribution in [0.15, 0.2) is 24.3 Å². The summed E-state index contributed by atoms with van der Waals surface area (Å²) in [6.07, 6.45) is 2.10. The second kappa shape index (κ2) is 5.66. The molecule has 1 aromatic carbocycles. The van der Waals surface area contributed by atoms with E-state index in [9.17, 15) is 0 Å². The summed E-state index contributed by atoms with van der Waals surface area (Å²) in [5.41, 5.74) is 7.32. The SMILES string of the molecule is CSCCN(C)c1ccc(C(=N)N)cc1. The number of amidine groups is 1. The molecular formula is C11H17N3S. The minimum Gasteiger partial charge on any atom is -0.384 e. The summed E-state index contributed by atoms with van der Waals surface area (Å²) in [4.78, 5) is 2.19. The molecule has 0 heterocycles. The van der Waals surface area contributed by atoms with Crippen molar-refractivity contribution in [2.75, 3.05) is 30.5 Å². The summed E-state index contributed by atoms with van der Waals surface area (Å²) in [7, 11) is 2.07. The van der Waals surface area contributed by atoms with Gasteiger partial charge in [-0.15, -0.1) is 0 Å². The Kier molecular flexibility index (Phi) is 4.49. The second-order valence-corrected chi connectivity index (χ2v) is 4.36. The van der Waals surface area contributed by atoms with Crippen molar-refractivity contribution in [3.05, 3.63) is 29.8 Å². The zero-order valence-corrected chi connectivity index (χ0v) is 9.97. The standard InChI is InChI=1S/C11H17N3S/c1-14(7-8-15-2)10-5-3-9(4-6-10)11(12)13/h3-6H,7-8H2,1-2H3,(H3,12,13). The summed E-state index contributed by atoms with van der Waals surface area (Å²) in [5.74, 6) is 1.23. The molecule has 3 N–H and O–H groups in total. The first-order valence-electron chi connectivity index (χ1n) is 4.79. The van der Waals surface area contributed by atoms with E-state index in [2.05, 4.69) is 18.2 Å². The fraction of sp³-hybridized carbons (Fsp3) is 0.364. The third-order valence-corrected chi connectivity index (χ3v) is 2.84. The van der Waals surface area contributed by atoms with Crippen LogP contribution in [0.2, 0.25) is 0 Å². The van der Waals surface area contributed by atoms with Gasteiger partial charge in [0.25, 0.3) is 0 Å². The number of hydrogen-bond donors (Lipinski definition) is 2. The van der Waals surface area contributed by atoms with Gasteiger partial charge in [-0.05, 0) is 30.5 Å². The average Bonchev–Trinajstić information content (AvgIpc) is 2.26. The van der Waals surface area contributed by atoms with Crippen LogP contribution >= 0.6 is 11.8 Å². The Bertz CT molecular complexity index is 321. The lowest BCUT2D eigenvalue weighted by Gasteiger charge is -2.18. The molecule has 0 fully saturated rings. The molecule has 0 saturated carbocycles. The molecule has 0 aliphatic carbocycles. The fourth-order valence-electron chi connectivity index (χ4n) is 1.25. The van der Waals surface area contributed by atoms with Gasteiger partial charge in [-0.1, -0.05) is 0 Å². The predicted octanol–water partition coefficient (Wildman–Crippen LogP) is 1.77. The monoisotopic (exact) mass is 223 g/mol. The molecule has 0 unspecified atom stereocenters. The molecule has 15 heavy (non-hydrogen) atoms. The second-order valence-electron chi connectivity index (χ2n) is 3.37. The van der Waals surface area contributed by atoms with Crippen LogP contribution in [0, 0.1) is 5.41 Å². The number of hydrogen-bond acceptors (Lipinski definition) is 3. The highest BCUT2D eigenvalue weighted by Gasteiger charge is 2.01. The Morgan fingerprint density at radius 1 is 1.40 bits per heavy atom. The highest BCUT2D eigenvalue weighted by atomic mass is 32.2. The van der Waals surface area contributed by atoms with Crippen molar-refractivity contribution in [2.45, 2.75) is 0 Å². The van der Waals surface area contributed by atoms with E-state index < -0.39 is 0 Å². The molecular weight excluding hydrogens is 206 g/mol. The zero-order chi connectivity index (χ0) is 11.3. The number of thioether (sulfide) groups is 1. The van der Waals surface area contributed by atoms with Crippen molar-refractivity contribution < 1.29 is 0 Å². The van der Waals surface area contributed by atoms with Crippen molar-refractivity contribution in [3.63, 3.8) is 0 Å². The molecule has 0 spiro atoms. The lowest BCUT2D eigenvalue weighted by atomic mass is 10.2. The number of benzene rings is 1. The summed E-state index contributed by atoms with van der Waals surface area (Å²) < 4.78 is 0. The maximum Gasteiger partial charge on any atom is 0.122 e. The van der Waals surface area contributed by atoms with Crippen LogP contribution in [0.5, 0.6) is 0 Å². The minimum atomic E-state index is 0.119. The molecule has 0 amide bonds. The Labute approximate surface area is 95.2 Å². The van der Waals surface area contributed by atoms with E-state index in [1.54, 1.807) is 0 Å². The van der Waals surface area contributed by atoms with Crippen molar-refractivity contribution in [3.8, 4) is 0 Å². The highest BCUT2D eigenvalue weighted by molar-refractivity contribution is 7.98. The first kappa shape index (κ1) is 11.9. The van der Waals surface area contributed by atoms with Crippen LogP contribution in [0.25, 0.3) is 0 Å². The van der Waals surface area contributed by atoms with Crippen molar-refractivity contribution >= 4 is 23.3 Å². The van der Waals surface area contributed by atoms with E-state index in [0.717, 1.165) is 23.5 Å². The normalized spacial score (nSPS) is 10.0. The molecule has 0 aromatic heterocycles. The van der Waals surface area contributed by atoms with E-state index >= 15 is 0 Å². The van der Waals surface area contributed by atoms with Gasteiger partial charge in [-0.3, -0.25) is 5.41 Å². The smallest absolute Gasteiger partial charge is 0.122 e. The first-order valence-corrected chi connectivity index (χ1v) is 6.19. The van der Waals surface area contributed by atoms with Crippen molar-refractivity contribution in [2.24, 2.45) is 5.73 Å². The van der Waals surface area contributed by atoms with Crippen LogP contribution in [0.1, 0.15) is 5.56 Å². The molecule has 82 valence electrons. The average molecular weight is 223 g/mol. The number of nitrogens with one attached hydrogen (secondary N) is 1. The summed E-state index contributed by atoms with van der Waals surface area (Å²) >= 11 is 1.84. The Hall–Kier alpha value is -1.16. The summed E-state index contributed by atoms with van der Waals surface area (Å²) in [6.45, 7) is 1.03. The van der Waals surface area contributed by atoms with Gasteiger partial charge < -0.3 is 10.6 Å². The third kappa shape index (κ3) is 3.47. The molecule has 4 heteroatoms. The van der Waals surface area contributed by atoms with Gasteiger partial charge in [0, 0.05) is 30.6 Å². The van der Waals surface area contributed by atoms with Crippen molar-refractivity contribution in [1.82, 2.24) is 0 Å². The van der Waals surface area contributed by atoms with E-state index in [-0.39, 0.29) is 5.84 Å². The molecule has 0 aliphatic rings. The fourth-order valence-corrected chi connectivity index (χ4v) is 1.71. The molecule has 0 atom stereocenters. The third-order valence-electron chi connectivity index (χ3n) is 2.25. The lowest BCUT2D eigenvalue weighted by Crippen LogP contribution is -2.20. The molecule has 0 radical (unpaired) electrons. The number of nitrogens with zero attached hydrogens (tertiary/aromatic N) is 1. The predicted molar refractivity (Wildman–Crippen MR) is 69.1 cm³/mol. The van der Waals surface area contributed by atoms with E-state index in [4.69, 9.17) is 11.1 Å². The zero-order valence-electron chi connectivity index (χ0n) is 9.16. The van der Waals surface area contributed by atoms with Crippen LogP contribution in [-0.2, 0) is 0 Å². The molecule has 0 saturated heterocycles. The van der Waals surface area contributed by atoms with E-state index in [1.165, 1.54) is 0 Å². The number of nitrogen functional groups attached to an aromatic ring is 1. The maximum atomic E-state index is 7.28. The number of anilines is 1. The molecule has 1 aromatic rings. The van der Waals surface area contributed by atoms with Gasteiger partial charge in [-0.25, -0.2) is 0 Å². The molecule has 1 rings (SSSR count). The van der Waals surface area contributed by atoms with Gasteiger partial charge in [0.05, 0.1) is 0 Å². The summed E-state index contributed by atoms with van der Waals surface area (Å²) in [5, 5.41) is 7.28. The van der Waals surface area contributed by atoms with Crippen molar-refractivity contribution in [1.29, 1.82) is 5.41 Å². The lowest BCUT2D eigenvalue weighted by molar-refractivity contribution is 0.978. The largest absolute Gasteiger partial charge is 0.384 e. The Morgan fingerprint density at radius 3 is 2.47 bits per heavy atom. The molecule has 0 aliphatic heterocycles. The minimum absolute atomic E-state index is 0.119. The summed E-state index contributed by atoms with van der Waals surface area (Å²) in [6, 6.07) is 7.76. The highest BCUT2D eigenvalue weighted by Crippen LogP contribution is 2.13. The first-order chi connectivity index (χ1) is 7.15. The van der Waals surface area contributed by atoms with E-state index in [1.807, 2.05) is 36.0 Å². The van der Waals surface area contributed by atoms with E-state index in [0.29, 0.717) is 0 Å². The quantitative estimate of drug-likeness (QED) is 0.591. The van der Waals surface area contributed by atoms with Crippen LogP contribution in [0.4, 0.5) is 5.69 Å². The number of nitrogens with two attached hydrogens (primary N) is 1. The molecule has 3 nitrogen and oxygen atoms in total. The topological polar surface area (TPSA) is 53.1 Å². The maximum absolute atomic E-state index is 7.28. The van der Waals surface area contributed by atoms with Crippen LogP contribution < -0.4 is 10.6 Å². The van der Waals surface area contributed by atoms with Gasteiger partial charge in [-0.2, -0.15) is 11.8 Å². The van der Waals surface area contributed by atoms with Gasteiger partial charge in [0.1, 0.15) is 5.84 Å². The van der Waals surface area contributed by atoms with Gasteiger partial charge >= 0.3 is 0 Å². The Balaban J connectivity index is 2.66. The van der Waals surface area contributed by atoms with Gasteiger partial charge in [0.15, 0.2) is 0 Å². The number of rotatable bonds is 5. The van der Waals surface area contributed by atoms with Gasteiger partial charge in [0.2, 0.25) is 0 Å². The van der Waals surface area contributed by atoms with Crippen LogP contribution in [-0.4, -0.2) is 31.4 Å². The van der Waals surface area contributed by atoms with Crippen LogP contribution in [0.3, 0.4) is 0 Å². The molecule has 0 bridgehead atoms. The Morgan fingerprint density at radius 2 is 2.00 bits per heavy atom.